The summed E-state index contributed by atoms with van der Waals surface area (Å²) < 4.78 is 14.0. The third kappa shape index (κ3) is 2.21. The van der Waals surface area contributed by atoms with Gasteiger partial charge in [-0.2, -0.15) is 0 Å². The minimum Gasteiger partial charge on any atom is -0.758 e. The van der Waals surface area contributed by atoms with E-state index in [0.29, 0.717) is 9.28 Å². The van der Waals surface area contributed by atoms with Crippen molar-refractivity contribution in [2.24, 2.45) is 0 Å². The molecule has 1 aliphatic heterocycles. The van der Waals surface area contributed by atoms with Crippen LogP contribution in [0.15, 0.2) is 45.9 Å². The summed E-state index contributed by atoms with van der Waals surface area (Å²) in [5, 5.41) is 12.1. The number of nitrogens with zero attached hydrogens (tertiary/aromatic N) is 1. The third-order valence-corrected chi connectivity index (χ3v) is 3.05. The van der Waals surface area contributed by atoms with Gasteiger partial charge in [-0.05, 0) is 28.2 Å². The zero-order valence-electron chi connectivity index (χ0n) is 7.78. The van der Waals surface area contributed by atoms with Crippen molar-refractivity contribution in [3.8, 4) is 0 Å². The van der Waals surface area contributed by atoms with Crippen LogP contribution >= 0.6 is 22.6 Å². The van der Waals surface area contributed by atoms with Crippen LogP contribution in [0, 0.1) is 5.21 Å². The maximum Gasteiger partial charge on any atom is 0.131 e. The highest BCUT2D eigenvalue weighted by molar-refractivity contribution is 14.1. The van der Waals surface area contributed by atoms with Crippen molar-refractivity contribution in [3.63, 3.8) is 0 Å². The van der Waals surface area contributed by atoms with E-state index in [4.69, 9.17) is 0 Å². The van der Waals surface area contributed by atoms with E-state index in [-0.39, 0.29) is 12.4 Å². The molecular formula is C11H8FINO-. The summed E-state index contributed by atoms with van der Waals surface area (Å²) >= 11 is 1.83. The summed E-state index contributed by atoms with van der Waals surface area (Å²) in [6, 6.07) is 9.12. The average Bonchev–Trinajstić information content (AvgIpc) is 2.25. The lowest BCUT2D eigenvalue weighted by Crippen LogP contribution is -2.19. The molecule has 0 radical (unpaired) electrons. The summed E-state index contributed by atoms with van der Waals surface area (Å²) in [7, 11) is 0. The first-order valence-electron chi connectivity index (χ1n) is 4.44. The molecule has 0 amide bonds. The molecule has 1 aromatic carbocycles. The van der Waals surface area contributed by atoms with E-state index in [1.54, 1.807) is 12.1 Å². The molecule has 2 rings (SSSR count). The minimum atomic E-state index is -0.322. The second kappa shape index (κ2) is 4.32. The Morgan fingerprint density at radius 1 is 1.27 bits per heavy atom. The second-order valence-corrected chi connectivity index (χ2v) is 4.30. The first-order chi connectivity index (χ1) is 7.18. The fourth-order valence-electron chi connectivity index (χ4n) is 1.43. The lowest BCUT2D eigenvalue weighted by atomic mass is 10.0. The minimum absolute atomic E-state index is 0.0740. The van der Waals surface area contributed by atoms with E-state index >= 15 is 0 Å². The van der Waals surface area contributed by atoms with Gasteiger partial charge in [0.05, 0.1) is 3.70 Å². The lowest BCUT2D eigenvalue weighted by Gasteiger charge is -2.34. The Kier molecular flexibility index (Phi) is 3.06. The molecule has 1 heterocycles. The highest BCUT2D eigenvalue weighted by Crippen LogP contribution is 2.30. The normalized spacial score (nSPS) is 16.7. The Morgan fingerprint density at radius 2 is 1.93 bits per heavy atom. The van der Waals surface area contributed by atoms with Crippen LogP contribution in [0.4, 0.5) is 4.39 Å². The van der Waals surface area contributed by atoms with Crippen LogP contribution in [-0.2, 0) is 0 Å². The molecule has 0 aromatic heterocycles. The molecule has 0 saturated heterocycles. The van der Waals surface area contributed by atoms with Crippen molar-refractivity contribution < 1.29 is 4.39 Å². The maximum absolute atomic E-state index is 13.6. The summed E-state index contributed by atoms with van der Waals surface area (Å²) in [5.41, 5.74) is 1.21. The Labute approximate surface area is 101 Å². The van der Waals surface area contributed by atoms with Crippen molar-refractivity contribution in [1.29, 1.82) is 0 Å². The summed E-state index contributed by atoms with van der Waals surface area (Å²) in [4.78, 5) is 0. The van der Waals surface area contributed by atoms with Gasteiger partial charge in [0.1, 0.15) is 5.83 Å². The molecule has 1 aliphatic rings. The lowest BCUT2D eigenvalue weighted by molar-refractivity contribution is 0.541. The molecule has 78 valence electrons. The first-order valence-corrected chi connectivity index (χ1v) is 5.52. The van der Waals surface area contributed by atoms with Crippen LogP contribution in [0.2, 0.25) is 0 Å². The molecule has 0 unspecified atom stereocenters. The Morgan fingerprint density at radius 3 is 2.60 bits per heavy atom. The second-order valence-electron chi connectivity index (χ2n) is 3.20. The molecule has 15 heavy (non-hydrogen) atoms. The topological polar surface area (TPSA) is 26.3 Å². The van der Waals surface area contributed by atoms with Gasteiger partial charge in [-0.3, -0.25) is 0 Å². The van der Waals surface area contributed by atoms with E-state index in [9.17, 15) is 9.60 Å². The molecule has 1 aromatic rings. The zero-order valence-corrected chi connectivity index (χ0v) is 9.94. The van der Waals surface area contributed by atoms with Gasteiger partial charge >= 0.3 is 0 Å². The van der Waals surface area contributed by atoms with Crippen LogP contribution in [0.3, 0.4) is 0 Å². The van der Waals surface area contributed by atoms with Crippen LogP contribution < -0.4 is 0 Å². The van der Waals surface area contributed by atoms with Gasteiger partial charge in [0, 0.05) is 18.2 Å². The quantitative estimate of drug-likeness (QED) is 0.586. The molecule has 0 N–H and O–H groups in total. The van der Waals surface area contributed by atoms with Gasteiger partial charge < -0.3 is 10.3 Å². The summed E-state index contributed by atoms with van der Waals surface area (Å²) in [6.07, 6.45) is 1.26. The van der Waals surface area contributed by atoms with Crippen molar-refractivity contribution >= 4 is 28.2 Å². The smallest absolute Gasteiger partial charge is 0.131 e. The van der Waals surface area contributed by atoms with Crippen LogP contribution in [-0.4, -0.2) is 11.6 Å². The first kappa shape index (κ1) is 10.6. The molecule has 0 aliphatic carbocycles. The monoisotopic (exact) mass is 316 g/mol. The van der Waals surface area contributed by atoms with Gasteiger partial charge in [-0.15, -0.1) is 0 Å². The number of halogens is 2. The van der Waals surface area contributed by atoms with Crippen molar-refractivity contribution in [3.05, 3.63) is 56.7 Å². The molecule has 0 saturated carbocycles. The van der Waals surface area contributed by atoms with Crippen LogP contribution in [0.25, 0.3) is 5.57 Å². The van der Waals surface area contributed by atoms with Gasteiger partial charge in [-0.1, -0.05) is 30.3 Å². The molecule has 0 bridgehead atoms. The van der Waals surface area contributed by atoms with Crippen LogP contribution in [0.1, 0.15) is 5.56 Å². The number of benzene rings is 1. The highest BCUT2D eigenvalue weighted by atomic mass is 127. The number of allylic oxidation sites excluding steroid dienone is 2. The Hall–Kier alpha value is -0.880. The summed E-state index contributed by atoms with van der Waals surface area (Å²) in [5.74, 6) is -0.322. The van der Waals surface area contributed by atoms with Gasteiger partial charge in [0.25, 0.3) is 0 Å². The Bertz CT molecular complexity index is 427. The average molecular weight is 316 g/mol. The number of hydrogen-bond donors (Lipinski definition) is 0. The molecule has 0 atom stereocenters. The highest BCUT2D eigenvalue weighted by Gasteiger charge is 2.14. The SMILES string of the molecule is [O-]N1CC(c2ccccc2)=C(F)C=C1I. The number of hydrogen-bond acceptors (Lipinski definition) is 2. The fraction of sp³-hybridized carbons (Fsp3) is 0.0909. The van der Waals surface area contributed by atoms with E-state index < -0.39 is 0 Å². The third-order valence-electron chi connectivity index (χ3n) is 2.20. The maximum atomic E-state index is 13.6. The number of hydroxylamine groups is 2. The molecule has 4 heteroatoms. The predicted molar refractivity (Wildman–Crippen MR) is 66.6 cm³/mol. The fourth-order valence-corrected chi connectivity index (χ4v) is 1.87. The molecular weight excluding hydrogens is 308 g/mol. The zero-order chi connectivity index (χ0) is 10.8. The molecule has 0 fully saturated rings. The Balaban J connectivity index is 2.42. The summed E-state index contributed by atoms with van der Waals surface area (Å²) in [6.45, 7) is 0.0740. The number of rotatable bonds is 1. The molecule has 0 spiro atoms. The molecule has 2 nitrogen and oxygen atoms in total. The van der Waals surface area contributed by atoms with E-state index in [0.717, 1.165) is 10.6 Å². The van der Waals surface area contributed by atoms with Crippen molar-refractivity contribution in [1.82, 2.24) is 5.06 Å². The van der Waals surface area contributed by atoms with E-state index in [1.807, 2.05) is 40.8 Å². The van der Waals surface area contributed by atoms with Crippen LogP contribution in [0.5, 0.6) is 0 Å². The van der Waals surface area contributed by atoms with E-state index in [2.05, 4.69) is 0 Å². The van der Waals surface area contributed by atoms with E-state index in [1.165, 1.54) is 6.08 Å². The van der Waals surface area contributed by atoms with Crippen molar-refractivity contribution in [2.45, 2.75) is 0 Å². The predicted octanol–water partition coefficient (Wildman–Crippen LogP) is 3.46. The standard InChI is InChI=1S/C11H8FINO/c12-10-6-11(13)14(15)7-9(10)8-4-2-1-3-5-8/h1-6H,7H2/q-1. The van der Waals surface area contributed by atoms with Crippen molar-refractivity contribution in [2.75, 3.05) is 6.54 Å². The van der Waals surface area contributed by atoms with Gasteiger partial charge in [0.15, 0.2) is 0 Å². The largest absolute Gasteiger partial charge is 0.758 e. The van der Waals surface area contributed by atoms with Gasteiger partial charge in [-0.25, -0.2) is 4.39 Å². The van der Waals surface area contributed by atoms with Gasteiger partial charge in [0.2, 0.25) is 0 Å².